The Hall–Kier alpha value is -1.54. The molecule has 0 saturated carbocycles. The minimum absolute atomic E-state index is 0.217. The van der Waals surface area contributed by atoms with E-state index in [-0.39, 0.29) is 18.9 Å². The van der Waals surface area contributed by atoms with Crippen LogP contribution in [0.15, 0.2) is 6.33 Å². The fourth-order valence-corrected chi connectivity index (χ4v) is 2.76. The molecule has 2 rings (SSSR count). The molecule has 20 heavy (non-hydrogen) atoms. The second kappa shape index (κ2) is 6.27. The minimum Gasteiger partial charge on any atom is -0.480 e. The highest BCUT2D eigenvalue weighted by Crippen LogP contribution is 2.22. The maximum absolute atomic E-state index is 12.3. The molecule has 8 heteroatoms. The lowest BCUT2D eigenvalue weighted by Gasteiger charge is -2.34. The summed E-state index contributed by atoms with van der Waals surface area (Å²) in [6.07, 6.45) is 4.22. The SMILES string of the molecule is CSCC[C@H](N)C(=O)N1Cc2[nH]cnc2CC1C(=O)O. The third kappa shape index (κ3) is 2.96. The lowest BCUT2D eigenvalue weighted by Crippen LogP contribution is -2.54. The molecule has 7 nitrogen and oxygen atoms in total. The summed E-state index contributed by atoms with van der Waals surface area (Å²) < 4.78 is 0. The summed E-state index contributed by atoms with van der Waals surface area (Å²) in [4.78, 5) is 32.1. The number of carboxylic acids is 1. The van der Waals surface area contributed by atoms with Crippen LogP contribution in [0.25, 0.3) is 0 Å². The first-order valence-corrected chi connectivity index (χ1v) is 7.73. The molecule has 0 saturated heterocycles. The van der Waals surface area contributed by atoms with E-state index in [1.54, 1.807) is 11.8 Å². The zero-order chi connectivity index (χ0) is 14.7. The van der Waals surface area contributed by atoms with Crippen LogP contribution in [0.5, 0.6) is 0 Å². The van der Waals surface area contributed by atoms with E-state index in [2.05, 4.69) is 9.97 Å². The average Bonchev–Trinajstić information content (AvgIpc) is 2.89. The zero-order valence-corrected chi connectivity index (χ0v) is 12.0. The second-order valence-corrected chi connectivity index (χ2v) is 5.73. The van der Waals surface area contributed by atoms with Crippen LogP contribution in [0.2, 0.25) is 0 Å². The Morgan fingerprint density at radius 1 is 1.70 bits per heavy atom. The molecule has 1 aromatic heterocycles. The van der Waals surface area contributed by atoms with Crippen molar-refractivity contribution in [2.24, 2.45) is 5.73 Å². The van der Waals surface area contributed by atoms with Gasteiger partial charge in [0.15, 0.2) is 0 Å². The van der Waals surface area contributed by atoms with Crippen molar-refractivity contribution < 1.29 is 14.7 Å². The van der Waals surface area contributed by atoms with Crippen LogP contribution in [0.3, 0.4) is 0 Å². The summed E-state index contributed by atoms with van der Waals surface area (Å²) in [5, 5.41) is 9.30. The first kappa shape index (κ1) is 14.9. The van der Waals surface area contributed by atoms with Gasteiger partial charge in [-0.2, -0.15) is 11.8 Å². The number of carbonyl (C=O) groups is 2. The number of fused-ring (bicyclic) bond motifs is 1. The normalized spacial score (nSPS) is 19.5. The summed E-state index contributed by atoms with van der Waals surface area (Å²) in [5.74, 6) is -0.566. The largest absolute Gasteiger partial charge is 0.480 e. The summed E-state index contributed by atoms with van der Waals surface area (Å²) in [5.41, 5.74) is 7.36. The van der Waals surface area contributed by atoms with Gasteiger partial charge in [-0.15, -0.1) is 0 Å². The number of H-pyrrole nitrogens is 1. The number of nitrogens with two attached hydrogens (primary N) is 1. The number of aromatic nitrogens is 2. The predicted octanol–water partition coefficient (Wildman–Crippen LogP) is -0.172. The smallest absolute Gasteiger partial charge is 0.326 e. The molecule has 2 atom stereocenters. The van der Waals surface area contributed by atoms with E-state index < -0.39 is 18.1 Å². The van der Waals surface area contributed by atoms with E-state index in [0.717, 1.165) is 11.4 Å². The molecule has 1 aliphatic rings. The predicted molar refractivity (Wildman–Crippen MR) is 75.2 cm³/mol. The number of thioether (sulfide) groups is 1. The van der Waals surface area contributed by atoms with Crippen LogP contribution < -0.4 is 5.73 Å². The van der Waals surface area contributed by atoms with Crippen molar-refractivity contribution in [2.75, 3.05) is 12.0 Å². The molecule has 1 unspecified atom stereocenters. The molecular formula is C12H18N4O3S. The Labute approximate surface area is 120 Å². The lowest BCUT2D eigenvalue weighted by atomic mass is 10.0. The van der Waals surface area contributed by atoms with Gasteiger partial charge < -0.3 is 20.7 Å². The Balaban J connectivity index is 2.15. The Bertz CT molecular complexity index is 505. The van der Waals surface area contributed by atoms with Crippen molar-refractivity contribution in [1.82, 2.24) is 14.9 Å². The molecule has 1 aliphatic heterocycles. The zero-order valence-electron chi connectivity index (χ0n) is 11.2. The number of amides is 1. The highest BCUT2D eigenvalue weighted by molar-refractivity contribution is 7.98. The third-order valence-corrected chi connectivity index (χ3v) is 4.06. The number of rotatable bonds is 5. The lowest BCUT2D eigenvalue weighted by molar-refractivity contribution is -0.152. The number of hydrogen-bond donors (Lipinski definition) is 3. The average molecular weight is 298 g/mol. The van der Waals surface area contributed by atoms with Crippen LogP contribution in [-0.4, -0.2) is 55.9 Å². The van der Waals surface area contributed by atoms with Gasteiger partial charge in [0, 0.05) is 6.42 Å². The fourth-order valence-electron chi connectivity index (χ4n) is 2.27. The van der Waals surface area contributed by atoms with Gasteiger partial charge in [0.25, 0.3) is 0 Å². The highest BCUT2D eigenvalue weighted by Gasteiger charge is 2.37. The van der Waals surface area contributed by atoms with Crippen molar-refractivity contribution in [3.8, 4) is 0 Å². The summed E-state index contributed by atoms with van der Waals surface area (Å²) in [7, 11) is 0. The van der Waals surface area contributed by atoms with Gasteiger partial charge in [0.2, 0.25) is 5.91 Å². The monoisotopic (exact) mass is 298 g/mol. The van der Waals surface area contributed by atoms with E-state index in [9.17, 15) is 14.7 Å². The van der Waals surface area contributed by atoms with Crippen LogP contribution in [0, 0.1) is 0 Å². The number of nitrogens with zero attached hydrogens (tertiary/aromatic N) is 2. The molecule has 0 bridgehead atoms. The molecule has 1 amide bonds. The molecule has 110 valence electrons. The van der Waals surface area contributed by atoms with Gasteiger partial charge in [-0.1, -0.05) is 0 Å². The molecule has 0 radical (unpaired) electrons. The molecule has 1 aromatic rings. The minimum atomic E-state index is -1.02. The van der Waals surface area contributed by atoms with E-state index in [4.69, 9.17) is 5.73 Å². The van der Waals surface area contributed by atoms with Crippen molar-refractivity contribution in [2.45, 2.75) is 31.5 Å². The molecule has 4 N–H and O–H groups in total. The highest BCUT2D eigenvalue weighted by atomic mass is 32.2. The van der Waals surface area contributed by atoms with E-state index in [1.807, 2.05) is 6.26 Å². The van der Waals surface area contributed by atoms with Crippen molar-refractivity contribution in [3.05, 3.63) is 17.7 Å². The maximum atomic E-state index is 12.3. The molecule has 0 fully saturated rings. The topological polar surface area (TPSA) is 112 Å². The number of carboxylic acid groups (broad SMARTS) is 1. The van der Waals surface area contributed by atoms with Crippen LogP contribution in [0.1, 0.15) is 17.8 Å². The van der Waals surface area contributed by atoms with Gasteiger partial charge >= 0.3 is 5.97 Å². The maximum Gasteiger partial charge on any atom is 0.326 e. The van der Waals surface area contributed by atoms with Gasteiger partial charge in [0.1, 0.15) is 6.04 Å². The standard InChI is InChI=1S/C12H18N4O3S/c1-20-3-2-7(13)11(17)16-5-9-8(14-6-15-9)4-10(16)12(18)19/h6-7,10H,2-5,13H2,1H3,(H,14,15)(H,18,19)/t7-,10?/m0/s1. The van der Waals surface area contributed by atoms with Gasteiger partial charge in [-0.3, -0.25) is 4.79 Å². The molecule has 0 spiro atoms. The van der Waals surface area contributed by atoms with Crippen LogP contribution in [0.4, 0.5) is 0 Å². The van der Waals surface area contributed by atoms with E-state index >= 15 is 0 Å². The number of nitrogens with one attached hydrogen (secondary N) is 1. The quantitative estimate of drug-likeness (QED) is 0.695. The third-order valence-electron chi connectivity index (χ3n) is 3.42. The Morgan fingerprint density at radius 2 is 2.45 bits per heavy atom. The summed E-state index contributed by atoms with van der Waals surface area (Å²) >= 11 is 1.61. The summed E-state index contributed by atoms with van der Waals surface area (Å²) in [6.45, 7) is 0.220. The Kier molecular flexibility index (Phi) is 4.66. The van der Waals surface area contributed by atoms with E-state index in [1.165, 1.54) is 11.2 Å². The fraction of sp³-hybridized carbons (Fsp3) is 0.583. The molecular weight excluding hydrogens is 280 g/mol. The second-order valence-electron chi connectivity index (χ2n) is 4.74. The van der Waals surface area contributed by atoms with Gasteiger partial charge in [-0.25, -0.2) is 9.78 Å². The number of imidazole rings is 1. The van der Waals surface area contributed by atoms with Crippen molar-refractivity contribution in [1.29, 1.82) is 0 Å². The first-order valence-electron chi connectivity index (χ1n) is 6.33. The first-order chi connectivity index (χ1) is 9.54. The van der Waals surface area contributed by atoms with Crippen LogP contribution in [-0.2, 0) is 22.6 Å². The number of carbonyl (C=O) groups excluding carboxylic acids is 1. The molecule has 2 heterocycles. The number of aliphatic carboxylic acids is 1. The summed E-state index contributed by atoms with van der Waals surface area (Å²) in [6, 6.07) is -1.55. The van der Waals surface area contributed by atoms with Crippen LogP contribution >= 0.6 is 11.8 Å². The van der Waals surface area contributed by atoms with Crippen molar-refractivity contribution >= 4 is 23.6 Å². The molecule has 0 aliphatic carbocycles. The molecule has 0 aromatic carbocycles. The van der Waals surface area contributed by atoms with Gasteiger partial charge in [-0.05, 0) is 18.4 Å². The Morgan fingerprint density at radius 3 is 3.10 bits per heavy atom. The van der Waals surface area contributed by atoms with E-state index in [0.29, 0.717) is 12.1 Å². The van der Waals surface area contributed by atoms with Gasteiger partial charge in [0.05, 0.1) is 30.3 Å². The van der Waals surface area contributed by atoms with Crippen molar-refractivity contribution in [3.63, 3.8) is 0 Å². The number of aromatic amines is 1. The number of hydrogen-bond acceptors (Lipinski definition) is 5.